The lowest BCUT2D eigenvalue weighted by Crippen LogP contribution is -2.10. The summed E-state index contributed by atoms with van der Waals surface area (Å²) in [6.45, 7) is 0.518. The van der Waals surface area contributed by atoms with Crippen molar-refractivity contribution in [3.63, 3.8) is 0 Å². The van der Waals surface area contributed by atoms with E-state index in [-0.39, 0.29) is 18.4 Å². The van der Waals surface area contributed by atoms with Gasteiger partial charge in [-0.1, -0.05) is 6.07 Å². The van der Waals surface area contributed by atoms with Crippen LogP contribution in [0.3, 0.4) is 0 Å². The second kappa shape index (κ2) is 3.65. The Morgan fingerprint density at radius 3 is 3.00 bits per heavy atom. The van der Waals surface area contributed by atoms with E-state index in [0.717, 1.165) is 11.3 Å². The van der Waals surface area contributed by atoms with Gasteiger partial charge < -0.3 is 10.5 Å². The summed E-state index contributed by atoms with van der Waals surface area (Å²) in [5, 5.41) is 8.60. The lowest BCUT2D eigenvalue weighted by Gasteiger charge is -1.98. The van der Waals surface area contributed by atoms with Crippen LogP contribution in [0.5, 0.6) is 5.75 Å². The first kappa shape index (κ1) is 9.85. The lowest BCUT2D eigenvalue weighted by molar-refractivity contribution is 0.333. The maximum absolute atomic E-state index is 8.60. The van der Waals surface area contributed by atoms with Gasteiger partial charge in [0.25, 0.3) is 0 Å². The first-order valence-corrected chi connectivity index (χ1v) is 3.73. The average molecular weight is 197 g/mol. The summed E-state index contributed by atoms with van der Waals surface area (Å²) in [5.74, 6) is 0.751. The van der Waals surface area contributed by atoms with Crippen LogP contribution in [0, 0.1) is 11.3 Å². The summed E-state index contributed by atoms with van der Waals surface area (Å²) < 4.78 is 5.28. The highest BCUT2D eigenvalue weighted by Crippen LogP contribution is 2.31. The van der Waals surface area contributed by atoms with Crippen molar-refractivity contribution in [2.24, 2.45) is 5.73 Å². The van der Waals surface area contributed by atoms with E-state index in [2.05, 4.69) is 6.07 Å². The van der Waals surface area contributed by atoms with Crippen molar-refractivity contribution in [1.82, 2.24) is 0 Å². The molecule has 0 amide bonds. The van der Waals surface area contributed by atoms with E-state index in [1.807, 2.05) is 6.07 Å². The number of nitrogens with two attached hydrogens (primary N) is 1. The van der Waals surface area contributed by atoms with E-state index in [1.165, 1.54) is 0 Å². The van der Waals surface area contributed by atoms with Crippen LogP contribution in [0.4, 0.5) is 0 Å². The van der Waals surface area contributed by atoms with Crippen molar-refractivity contribution in [2.45, 2.75) is 6.04 Å². The lowest BCUT2D eigenvalue weighted by atomic mass is 10.1. The zero-order valence-corrected chi connectivity index (χ0v) is 7.67. The van der Waals surface area contributed by atoms with E-state index >= 15 is 0 Å². The van der Waals surface area contributed by atoms with Crippen molar-refractivity contribution in [3.05, 3.63) is 29.3 Å². The molecule has 0 saturated carbocycles. The van der Waals surface area contributed by atoms with E-state index < -0.39 is 0 Å². The van der Waals surface area contributed by atoms with Crippen molar-refractivity contribution >= 4 is 12.4 Å². The first-order valence-electron chi connectivity index (χ1n) is 3.73. The van der Waals surface area contributed by atoms with Gasteiger partial charge in [-0.05, 0) is 12.1 Å². The molecule has 1 aliphatic rings. The molecule has 1 aromatic rings. The summed E-state index contributed by atoms with van der Waals surface area (Å²) in [5.41, 5.74) is 7.34. The van der Waals surface area contributed by atoms with Crippen molar-refractivity contribution in [2.75, 3.05) is 6.61 Å². The molecule has 2 rings (SSSR count). The van der Waals surface area contributed by atoms with Gasteiger partial charge in [-0.25, -0.2) is 0 Å². The second-order valence-corrected chi connectivity index (χ2v) is 2.78. The zero-order chi connectivity index (χ0) is 8.55. The van der Waals surface area contributed by atoms with Crippen LogP contribution in [0.15, 0.2) is 18.2 Å². The summed E-state index contributed by atoms with van der Waals surface area (Å²) in [4.78, 5) is 0. The Labute approximate surface area is 82.5 Å². The van der Waals surface area contributed by atoms with Crippen LogP contribution in [0.1, 0.15) is 17.2 Å². The number of benzene rings is 1. The van der Waals surface area contributed by atoms with Gasteiger partial charge in [-0.2, -0.15) is 5.26 Å². The molecule has 2 N–H and O–H groups in total. The molecular weight excluding hydrogens is 188 g/mol. The Morgan fingerprint density at radius 1 is 1.54 bits per heavy atom. The van der Waals surface area contributed by atoms with Crippen molar-refractivity contribution in [3.8, 4) is 11.8 Å². The number of nitrogens with zero attached hydrogens (tertiary/aromatic N) is 1. The third kappa shape index (κ3) is 1.59. The molecule has 4 heteroatoms. The predicted octanol–water partition coefficient (Wildman–Crippen LogP) is 1.37. The Kier molecular flexibility index (Phi) is 2.76. The van der Waals surface area contributed by atoms with Crippen molar-refractivity contribution in [1.29, 1.82) is 5.26 Å². The molecule has 1 aromatic carbocycles. The van der Waals surface area contributed by atoms with Gasteiger partial charge in [0.2, 0.25) is 0 Å². The predicted molar refractivity (Wildman–Crippen MR) is 50.8 cm³/mol. The third-order valence-corrected chi connectivity index (χ3v) is 1.96. The molecule has 0 bridgehead atoms. The minimum atomic E-state index is -0.0345. The normalized spacial score (nSPS) is 18.0. The van der Waals surface area contributed by atoms with Crippen LogP contribution < -0.4 is 10.5 Å². The average Bonchev–Trinajstić information content (AvgIpc) is 2.47. The fourth-order valence-electron chi connectivity index (χ4n) is 1.30. The Morgan fingerprint density at radius 2 is 2.31 bits per heavy atom. The molecular formula is C9H9ClN2O. The first-order chi connectivity index (χ1) is 5.81. The Bertz CT molecular complexity index is 359. The molecule has 0 radical (unpaired) electrons. The van der Waals surface area contributed by atoms with E-state index in [0.29, 0.717) is 12.2 Å². The minimum Gasteiger partial charge on any atom is -0.491 e. The summed E-state index contributed by atoms with van der Waals surface area (Å²) in [6, 6.07) is 7.35. The molecule has 1 heterocycles. The topological polar surface area (TPSA) is 59.0 Å². The fraction of sp³-hybridized carbons (Fsp3) is 0.222. The van der Waals surface area contributed by atoms with E-state index in [4.69, 9.17) is 15.7 Å². The van der Waals surface area contributed by atoms with Gasteiger partial charge in [0.15, 0.2) is 0 Å². The maximum Gasteiger partial charge on any atom is 0.125 e. The monoisotopic (exact) mass is 196 g/mol. The maximum atomic E-state index is 8.60. The molecule has 68 valence electrons. The number of halogens is 1. The number of hydrogen-bond acceptors (Lipinski definition) is 3. The second-order valence-electron chi connectivity index (χ2n) is 2.78. The molecule has 0 spiro atoms. The van der Waals surface area contributed by atoms with Crippen LogP contribution in [0.2, 0.25) is 0 Å². The number of ether oxygens (including phenoxy) is 1. The van der Waals surface area contributed by atoms with Gasteiger partial charge in [0, 0.05) is 5.56 Å². The van der Waals surface area contributed by atoms with Crippen LogP contribution in [-0.2, 0) is 0 Å². The van der Waals surface area contributed by atoms with E-state index in [9.17, 15) is 0 Å². The molecule has 0 saturated heterocycles. The number of hydrogen-bond donors (Lipinski definition) is 1. The molecule has 0 aromatic heterocycles. The zero-order valence-electron chi connectivity index (χ0n) is 6.86. The third-order valence-electron chi connectivity index (χ3n) is 1.96. The number of rotatable bonds is 0. The standard InChI is InChI=1S/C9H8N2O.ClH/c10-4-6-1-2-7-8(11)5-12-9(7)3-6;/h1-3,8H,5,11H2;1H. The molecule has 3 nitrogen and oxygen atoms in total. The highest BCUT2D eigenvalue weighted by molar-refractivity contribution is 5.85. The SMILES string of the molecule is Cl.N#Cc1ccc2c(c1)OCC2N. The highest BCUT2D eigenvalue weighted by atomic mass is 35.5. The molecule has 0 aliphatic carbocycles. The molecule has 1 atom stereocenters. The van der Waals surface area contributed by atoms with Gasteiger partial charge in [0.05, 0.1) is 17.7 Å². The Balaban J connectivity index is 0.000000845. The van der Waals surface area contributed by atoms with E-state index in [1.54, 1.807) is 12.1 Å². The van der Waals surface area contributed by atoms with Crippen LogP contribution in [-0.4, -0.2) is 6.61 Å². The minimum absolute atomic E-state index is 0. The van der Waals surface area contributed by atoms with Gasteiger partial charge in [-0.15, -0.1) is 12.4 Å². The molecule has 0 fully saturated rings. The number of fused-ring (bicyclic) bond motifs is 1. The largest absolute Gasteiger partial charge is 0.491 e. The van der Waals surface area contributed by atoms with Crippen molar-refractivity contribution < 1.29 is 4.74 Å². The fourth-order valence-corrected chi connectivity index (χ4v) is 1.30. The molecule has 1 aliphatic heterocycles. The summed E-state index contributed by atoms with van der Waals surface area (Å²) >= 11 is 0. The summed E-state index contributed by atoms with van der Waals surface area (Å²) in [6.07, 6.45) is 0. The van der Waals surface area contributed by atoms with Gasteiger partial charge in [-0.3, -0.25) is 0 Å². The summed E-state index contributed by atoms with van der Waals surface area (Å²) in [7, 11) is 0. The number of nitriles is 1. The molecule has 1 unspecified atom stereocenters. The quantitative estimate of drug-likeness (QED) is 0.682. The highest BCUT2D eigenvalue weighted by Gasteiger charge is 2.20. The smallest absolute Gasteiger partial charge is 0.125 e. The van der Waals surface area contributed by atoms with Gasteiger partial charge >= 0.3 is 0 Å². The van der Waals surface area contributed by atoms with Crippen LogP contribution >= 0.6 is 12.4 Å². The van der Waals surface area contributed by atoms with Crippen LogP contribution in [0.25, 0.3) is 0 Å². The Hall–Kier alpha value is -1.24. The molecule has 13 heavy (non-hydrogen) atoms. The van der Waals surface area contributed by atoms with Gasteiger partial charge in [0.1, 0.15) is 12.4 Å².